The average molecular weight is 404 g/mol. The van der Waals surface area contributed by atoms with Crippen molar-refractivity contribution in [3.63, 3.8) is 0 Å². The fraction of sp³-hybridized carbons (Fsp3) is 0.0370. The van der Waals surface area contributed by atoms with Crippen molar-refractivity contribution in [3.8, 4) is 33.9 Å². The van der Waals surface area contributed by atoms with Crippen molar-refractivity contribution >= 4 is 17.7 Å². The molecule has 4 nitrogen and oxygen atoms in total. The third kappa shape index (κ3) is 4.23. The maximum atomic E-state index is 12.4. The number of rotatable bonds is 5. The van der Waals surface area contributed by atoms with Crippen molar-refractivity contribution < 1.29 is 9.53 Å². The van der Waals surface area contributed by atoms with E-state index in [2.05, 4.69) is 53.6 Å². The molecule has 1 aliphatic heterocycles. The van der Waals surface area contributed by atoms with Gasteiger partial charge in [-0.1, -0.05) is 60.2 Å². The standard InChI is InChI=1S/C27H20N2O2/c1-18-5-8-20(9-6-18)22-4-2-3-19(17-22)7-14-25(30)29-23-12-10-21(11-13-23)26-27-24(31-27)15-16-28-26/h2-17H,1H3,(H,29,30)/b14-7+. The van der Waals surface area contributed by atoms with E-state index in [1.807, 2.05) is 48.5 Å². The Morgan fingerprint density at radius 2 is 1.68 bits per heavy atom. The van der Waals surface area contributed by atoms with Crippen LogP contribution in [0.3, 0.4) is 0 Å². The molecule has 5 rings (SSSR count). The second-order valence-corrected chi connectivity index (χ2v) is 7.48. The Bertz CT molecular complexity index is 1290. The summed E-state index contributed by atoms with van der Waals surface area (Å²) < 4.78 is 5.39. The van der Waals surface area contributed by atoms with Crippen LogP contribution in [0.25, 0.3) is 28.5 Å². The van der Waals surface area contributed by atoms with Gasteiger partial charge in [-0.3, -0.25) is 9.78 Å². The maximum absolute atomic E-state index is 12.4. The molecule has 0 atom stereocenters. The summed E-state index contributed by atoms with van der Waals surface area (Å²) in [6.45, 7) is 2.07. The molecule has 0 radical (unpaired) electrons. The highest BCUT2D eigenvalue weighted by molar-refractivity contribution is 6.02. The number of anilines is 1. The number of aryl methyl sites for hydroxylation is 1. The summed E-state index contributed by atoms with van der Waals surface area (Å²) >= 11 is 0. The number of nitrogens with one attached hydrogen (secondary N) is 1. The van der Waals surface area contributed by atoms with Gasteiger partial charge in [-0.15, -0.1) is 0 Å². The van der Waals surface area contributed by atoms with Crippen molar-refractivity contribution in [1.29, 1.82) is 0 Å². The molecule has 0 fully saturated rings. The first kappa shape index (κ1) is 18.8. The zero-order chi connectivity index (χ0) is 21.2. The third-order valence-corrected chi connectivity index (χ3v) is 5.16. The summed E-state index contributed by atoms with van der Waals surface area (Å²) in [7, 11) is 0. The minimum absolute atomic E-state index is 0.179. The molecule has 4 heteroatoms. The Balaban J connectivity index is 1.25. The number of pyridine rings is 1. The first-order chi connectivity index (χ1) is 15.2. The van der Waals surface area contributed by atoms with E-state index in [1.54, 1.807) is 12.3 Å². The van der Waals surface area contributed by atoms with Gasteiger partial charge in [0.05, 0.1) is 0 Å². The number of nitrogens with zero attached hydrogens (tertiary/aromatic N) is 1. The van der Waals surface area contributed by atoms with Crippen molar-refractivity contribution in [2.24, 2.45) is 0 Å². The molecule has 0 unspecified atom stereocenters. The fourth-order valence-corrected chi connectivity index (χ4v) is 3.44. The molecule has 4 aromatic rings. The van der Waals surface area contributed by atoms with Crippen LogP contribution in [-0.2, 0) is 4.79 Å². The van der Waals surface area contributed by atoms with E-state index in [1.165, 1.54) is 5.56 Å². The fourth-order valence-electron chi connectivity index (χ4n) is 3.44. The van der Waals surface area contributed by atoms with Gasteiger partial charge in [0.15, 0.2) is 11.5 Å². The number of amides is 1. The molecule has 0 aliphatic carbocycles. The van der Waals surface area contributed by atoms with Gasteiger partial charge in [0.1, 0.15) is 5.69 Å². The Hall–Kier alpha value is -4.18. The van der Waals surface area contributed by atoms with Crippen LogP contribution in [0.1, 0.15) is 11.1 Å². The molecule has 0 bridgehead atoms. The van der Waals surface area contributed by atoms with Gasteiger partial charge in [0, 0.05) is 29.6 Å². The average Bonchev–Trinajstić information content (AvgIpc) is 3.59. The molecular weight excluding hydrogens is 384 g/mol. The van der Waals surface area contributed by atoms with Crippen molar-refractivity contribution in [3.05, 3.63) is 102 Å². The minimum atomic E-state index is -0.179. The maximum Gasteiger partial charge on any atom is 0.248 e. The Labute approximate surface area is 180 Å². The molecule has 0 spiro atoms. The topological polar surface area (TPSA) is 54.5 Å². The molecule has 1 aliphatic rings. The quantitative estimate of drug-likeness (QED) is 0.269. The summed E-state index contributed by atoms with van der Waals surface area (Å²) in [6.07, 6.45) is 5.10. The number of hydrogen-bond donors (Lipinski definition) is 1. The van der Waals surface area contributed by atoms with Gasteiger partial charge in [-0.2, -0.15) is 0 Å². The van der Waals surface area contributed by atoms with Gasteiger partial charge in [-0.25, -0.2) is 0 Å². The molecule has 1 aromatic heterocycles. The molecule has 1 amide bonds. The van der Waals surface area contributed by atoms with Gasteiger partial charge < -0.3 is 10.1 Å². The predicted octanol–water partition coefficient (Wildman–Crippen LogP) is 6.48. The summed E-state index contributed by atoms with van der Waals surface area (Å²) in [6, 6.07) is 26.0. The minimum Gasteiger partial charge on any atom is -0.447 e. The van der Waals surface area contributed by atoms with E-state index in [-0.39, 0.29) is 5.91 Å². The highest BCUT2D eigenvalue weighted by Gasteiger charge is 2.25. The van der Waals surface area contributed by atoms with Crippen LogP contribution in [0.2, 0.25) is 0 Å². The second-order valence-electron chi connectivity index (χ2n) is 7.48. The first-order valence-corrected chi connectivity index (χ1v) is 10.1. The van der Waals surface area contributed by atoms with E-state index in [0.29, 0.717) is 0 Å². The van der Waals surface area contributed by atoms with E-state index in [0.717, 1.165) is 45.1 Å². The Morgan fingerprint density at radius 1 is 0.903 bits per heavy atom. The van der Waals surface area contributed by atoms with Gasteiger partial charge in [-0.05, 0) is 47.9 Å². The van der Waals surface area contributed by atoms with Crippen LogP contribution in [0, 0.1) is 6.92 Å². The van der Waals surface area contributed by atoms with Crippen LogP contribution >= 0.6 is 0 Å². The van der Waals surface area contributed by atoms with E-state index in [4.69, 9.17) is 4.74 Å². The van der Waals surface area contributed by atoms with E-state index >= 15 is 0 Å². The van der Waals surface area contributed by atoms with Crippen LogP contribution in [0.5, 0.6) is 11.5 Å². The second kappa shape index (κ2) is 7.92. The zero-order valence-electron chi connectivity index (χ0n) is 17.0. The number of carbonyl (C=O) groups excluding carboxylic acids is 1. The predicted molar refractivity (Wildman–Crippen MR) is 124 cm³/mol. The highest BCUT2D eigenvalue weighted by Crippen LogP contribution is 2.50. The van der Waals surface area contributed by atoms with Gasteiger partial charge in [0.25, 0.3) is 0 Å². The lowest BCUT2D eigenvalue weighted by Gasteiger charge is -2.05. The van der Waals surface area contributed by atoms with Crippen LogP contribution < -0.4 is 10.1 Å². The molecule has 2 heterocycles. The lowest BCUT2D eigenvalue weighted by Crippen LogP contribution is -2.07. The number of fused-ring (bicyclic) bond motifs is 1. The number of benzene rings is 3. The lowest BCUT2D eigenvalue weighted by molar-refractivity contribution is -0.111. The largest absolute Gasteiger partial charge is 0.447 e. The molecular formula is C27H20N2O2. The van der Waals surface area contributed by atoms with Crippen LogP contribution in [0.15, 0.2) is 91.1 Å². The van der Waals surface area contributed by atoms with E-state index < -0.39 is 0 Å². The Morgan fingerprint density at radius 3 is 2.48 bits per heavy atom. The van der Waals surface area contributed by atoms with Crippen molar-refractivity contribution in [2.75, 3.05) is 5.32 Å². The summed E-state index contributed by atoms with van der Waals surface area (Å²) in [5.74, 6) is 1.52. The number of aromatic nitrogens is 1. The molecule has 1 N–H and O–H groups in total. The zero-order valence-corrected chi connectivity index (χ0v) is 17.0. The first-order valence-electron chi connectivity index (χ1n) is 10.1. The molecule has 31 heavy (non-hydrogen) atoms. The SMILES string of the molecule is Cc1ccc(-c2cccc(/C=C/C(=O)Nc3ccc(-c4nccc5c4O5)cc3)c2)cc1. The van der Waals surface area contributed by atoms with Crippen LogP contribution in [0.4, 0.5) is 5.69 Å². The number of hydrogen-bond acceptors (Lipinski definition) is 3. The van der Waals surface area contributed by atoms with Crippen molar-refractivity contribution in [1.82, 2.24) is 4.98 Å². The normalized spacial score (nSPS) is 11.6. The molecule has 0 saturated heterocycles. The molecule has 3 aromatic carbocycles. The highest BCUT2D eigenvalue weighted by atomic mass is 16.6. The monoisotopic (exact) mass is 404 g/mol. The van der Waals surface area contributed by atoms with E-state index in [9.17, 15) is 4.79 Å². The lowest BCUT2D eigenvalue weighted by atomic mass is 10.0. The summed E-state index contributed by atoms with van der Waals surface area (Å²) in [5, 5.41) is 2.89. The third-order valence-electron chi connectivity index (χ3n) is 5.16. The van der Waals surface area contributed by atoms with Crippen LogP contribution in [-0.4, -0.2) is 10.9 Å². The van der Waals surface area contributed by atoms with Gasteiger partial charge in [0.2, 0.25) is 5.91 Å². The number of ether oxygens (including phenoxy) is 1. The smallest absolute Gasteiger partial charge is 0.248 e. The summed E-state index contributed by atoms with van der Waals surface area (Å²) in [4.78, 5) is 16.7. The Kier molecular flexibility index (Phi) is 4.81. The summed E-state index contributed by atoms with van der Waals surface area (Å²) in [5.41, 5.74) is 6.99. The molecule has 150 valence electrons. The van der Waals surface area contributed by atoms with Gasteiger partial charge >= 0.3 is 0 Å². The van der Waals surface area contributed by atoms with Crippen molar-refractivity contribution in [2.45, 2.75) is 6.92 Å². The molecule has 0 saturated carbocycles. The number of carbonyl (C=O) groups is 1.